The van der Waals surface area contributed by atoms with E-state index in [1.54, 1.807) is 13.8 Å². The molecule has 26 atom stereocenters. The third kappa shape index (κ3) is 15.7. The second kappa shape index (κ2) is 25.1. The number of hydrogen-bond donors (Lipinski definition) is 7. The highest BCUT2D eigenvalue weighted by Gasteiger charge is 2.75. The molecular formula is C41H68O34S5. The van der Waals surface area contributed by atoms with Crippen molar-refractivity contribution in [1.29, 1.82) is 0 Å². The molecule has 39 heteroatoms. The van der Waals surface area contributed by atoms with Gasteiger partial charge in [-0.25, -0.2) is 30.5 Å². The lowest BCUT2D eigenvalue weighted by atomic mass is 9.82. The molecule has 0 aromatic carbocycles. The van der Waals surface area contributed by atoms with E-state index < -0.39 is 228 Å². The number of aliphatic carboxylic acids is 2. The van der Waals surface area contributed by atoms with E-state index in [4.69, 9.17) is 59.9 Å². The molecule has 6 fully saturated rings. The van der Waals surface area contributed by atoms with Crippen LogP contribution in [0.3, 0.4) is 0 Å². The molecule has 80 heavy (non-hydrogen) atoms. The van der Waals surface area contributed by atoms with Gasteiger partial charge in [0.1, 0.15) is 42.7 Å². The van der Waals surface area contributed by atoms with Crippen LogP contribution in [0.2, 0.25) is 0 Å². The molecule has 466 valence electrons. The summed E-state index contributed by atoms with van der Waals surface area (Å²) < 4.78 is 255. The van der Waals surface area contributed by atoms with E-state index >= 15 is 0 Å². The maximum absolute atomic E-state index is 13.0. The van der Waals surface area contributed by atoms with Crippen LogP contribution >= 0.6 is 0 Å². The Morgan fingerprint density at radius 1 is 0.450 bits per heavy atom. The molecule has 14 unspecified atom stereocenters. The van der Waals surface area contributed by atoms with E-state index in [0.29, 0.717) is 0 Å². The van der Waals surface area contributed by atoms with Gasteiger partial charge in [-0.3, -0.25) is 22.8 Å². The van der Waals surface area contributed by atoms with Gasteiger partial charge >= 0.3 is 63.9 Å². The van der Waals surface area contributed by atoms with Crippen molar-refractivity contribution in [2.45, 2.75) is 191 Å². The van der Waals surface area contributed by atoms with Crippen molar-refractivity contribution >= 4 is 63.9 Å². The molecule has 1 aliphatic carbocycles. The highest BCUT2D eigenvalue weighted by Crippen LogP contribution is 2.64. The average Bonchev–Trinajstić information content (AvgIpc) is 3.92. The number of hydrogen-bond acceptors (Lipinski definition) is 27. The predicted octanol–water partition coefficient (Wildman–Crippen LogP) is -0.394. The van der Waals surface area contributed by atoms with Crippen molar-refractivity contribution in [3.8, 4) is 0 Å². The van der Waals surface area contributed by atoms with Crippen molar-refractivity contribution < 1.29 is 153 Å². The Labute approximate surface area is 461 Å². The number of carboxylic acids is 2. The number of ether oxygens (including phenoxy) is 10. The lowest BCUT2D eigenvalue weighted by molar-refractivity contribution is -0.357. The third-order valence-electron chi connectivity index (χ3n) is 15.6. The smallest absolute Gasteiger partial charge is 0.397 e. The Morgan fingerprint density at radius 2 is 0.850 bits per heavy atom. The summed E-state index contributed by atoms with van der Waals surface area (Å²) in [5, 5.41) is 21.1. The fraction of sp³-hybridized carbons (Fsp3) is 0.951. The zero-order chi connectivity index (χ0) is 60.3. The molecule has 5 saturated heterocycles. The number of fused-ring (bicyclic) bond motifs is 1. The fourth-order valence-corrected chi connectivity index (χ4v) is 13.8. The highest BCUT2D eigenvalue weighted by atomic mass is 32.3. The molecule has 1 saturated carbocycles. The SMILES string of the molecule is CCC1O[C@H](C)C(OS(=O)(=O)O)C(OS(=O)(=O)O)[C@@H]1O[C@@H]1OC(C(=O)O)[C@@H]2[C@@H](C1C)C2(C)O[C@@H]1OC(CC)[C@@H](O[C@@H]2OC(C(=O)O)[C@@H](O[C@H]3OC(COS(=O)(=O)O)[C@@H](OC)C(C)C3C)C(C)C2C)[C@H](OS(=O)(=O)O)C1OS(=O)(=O)O. The van der Waals surface area contributed by atoms with Gasteiger partial charge in [-0.05, 0) is 38.5 Å². The van der Waals surface area contributed by atoms with Gasteiger partial charge in [-0.15, -0.1) is 0 Å². The first-order valence-electron chi connectivity index (χ1n) is 24.8. The van der Waals surface area contributed by atoms with Crippen LogP contribution in [0.5, 0.6) is 0 Å². The van der Waals surface area contributed by atoms with Gasteiger partial charge in [0.2, 0.25) is 0 Å². The van der Waals surface area contributed by atoms with E-state index in [2.05, 4.69) is 8.37 Å². The zero-order valence-corrected chi connectivity index (χ0v) is 48.3. The maximum atomic E-state index is 13.0. The topological polar surface area (TPSA) is 485 Å². The number of rotatable bonds is 24. The molecule has 6 aliphatic rings. The Morgan fingerprint density at radius 3 is 1.31 bits per heavy atom. The average molecular weight is 1270 g/mol. The molecule has 5 heterocycles. The third-order valence-corrected chi connectivity index (χ3v) is 17.9. The monoisotopic (exact) mass is 1260 g/mol. The summed E-state index contributed by atoms with van der Waals surface area (Å²) in [6, 6.07) is 0. The van der Waals surface area contributed by atoms with Gasteiger partial charge in [0, 0.05) is 36.7 Å². The minimum atomic E-state index is -5.74. The van der Waals surface area contributed by atoms with E-state index in [-0.39, 0.29) is 12.8 Å². The Bertz CT molecular complexity index is 2770. The summed E-state index contributed by atoms with van der Waals surface area (Å²) in [7, 11) is -25.9. The highest BCUT2D eigenvalue weighted by molar-refractivity contribution is 7.81. The van der Waals surface area contributed by atoms with Crippen LogP contribution in [-0.4, -0.2) is 217 Å². The molecule has 0 radical (unpaired) electrons. The predicted molar refractivity (Wildman–Crippen MR) is 256 cm³/mol. The Hall–Kier alpha value is -2.11. The van der Waals surface area contributed by atoms with Crippen LogP contribution in [0, 0.1) is 41.4 Å². The summed E-state index contributed by atoms with van der Waals surface area (Å²) in [6.07, 6.45) is -31.5. The number of methoxy groups -OCH3 is 1. The lowest BCUT2D eigenvalue weighted by Crippen LogP contribution is -2.64. The molecule has 0 spiro atoms. The molecule has 0 aromatic heterocycles. The molecule has 5 aliphatic heterocycles. The van der Waals surface area contributed by atoms with E-state index in [9.17, 15) is 84.7 Å². The van der Waals surface area contributed by atoms with Crippen LogP contribution in [0.1, 0.15) is 75.2 Å². The zero-order valence-electron chi connectivity index (χ0n) is 44.2. The van der Waals surface area contributed by atoms with Crippen LogP contribution in [0.4, 0.5) is 0 Å². The van der Waals surface area contributed by atoms with Crippen molar-refractivity contribution in [1.82, 2.24) is 0 Å². The minimum Gasteiger partial charge on any atom is -0.479 e. The quantitative estimate of drug-likeness (QED) is 0.0605. The van der Waals surface area contributed by atoms with Gasteiger partial charge in [0.05, 0.1) is 36.6 Å². The maximum Gasteiger partial charge on any atom is 0.397 e. The Kier molecular flexibility index (Phi) is 21.0. The molecule has 34 nitrogen and oxygen atoms in total. The molecule has 7 N–H and O–H groups in total. The van der Waals surface area contributed by atoms with E-state index in [0.717, 1.165) is 0 Å². The summed E-state index contributed by atoms with van der Waals surface area (Å²) in [5.74, 6) is -9.62. The number of carbonyl (C=O) groups is 2. The van der Waals surface area contributed by atoms with Gasteiger partial charge < -0.3 is 57.6 Å². The van der Waals surface area contributed by atoms with Crippen molar-refractivity contribution in [2.24, 2.45) is 41.4 Å². The van der Waals surface area contributed by atoms with Gasteiger partial charge in [0.15, 0.2) is 43.5 Å². The van der Waals surface area contributed by atoms with Crippen molar-refractivity contribution in [3.05, 3.63) is 0 Å². The van der Waals surface area contributed by atoms with Crippen LogP contribution in [0.15, 0.2) is 0 Å². The van der Waals surface area contributed by atoms with Crippen LogP contribution < -0.4 is 0 Å². The first kappa shape index (κ1) is 67.0. The Balaban J connectivity index is 1.29. The van der Waals surface area contributed by atoms with E-state index in [1.165, 1.54) is 55.6 Å². The van der Waals surface area contributed by atoms with Crippen LogP contribution in [0.25, 0.3) is 0 Å². The first-order valence-corrected chi connectivity index (χ1v) is 31.6. The molecule has 0 aromatic rings. The molecule has 6 rings (SSSR count). The van der Waals surface area contributed by atoms with Crippen molar-refractivity contribution in [2.75, 3.05) is 13.7 Å². The summed E-state index contributed by atoms with van der Waals surface area (Å²) in [4.78, 5) is 26.0. The first-order chi connectivity index (χ1) is 36.6. The van der Waals surface area contributed by atoms with Crippen LogP contribution in [-0.2, 0) is 130 Å². The normalized spacial score (nSPS) is 44.0. The van der Waals surface area contributed by atoms with E-state index in [1.807, 2.05) is 0 Å². The van der Waals surface area contributed by atoms with Crippen molar-refractivity contribution in [3.63, 3.8) is 0 Å². The lowest BCUT2D eigenvalue weighted by Gasteiger charge is -2.50. The summed E-state index contributed by atoms with van der Waals surface area (Å²) >= 11 is 0. The standard InChI is InChI=1S/C41H68O34S5/c1-11-20-28(31(73-78(52,53)54)27(19(8)63-20)72-77(49,50)51)68-39-18(7)23-24(30(69-39)35(42)43)41(23,9)71-40-34(75-80(58,59)60)32(74-79(55,56)57)29(21(12-2)64-40)67-38-17(6)15(4)26(33(70-38)36(44)45)66-37-16(5)14(3)25(61-10)22(65-37)13-62-76(46,47)48/h14-34,37-40H,11-13H2,1-10H3,(H,42,43)(H,44,45)(H,46,47,48)(H,49,50,51)(H,52,53,54)(H,55,56,57)(H,58,59,60)/t14?,15?,16?,17?,18?,19-,20?,21?,22?,23-,24+,25+,26+,27?,28-,29-,30?,31?,32+,33?,34?,37-,38-,39-,40+,41?/m1/s1. The summed E-state index contributed by atoms with van der Waals surface area (Å²) in [5.41, 5.74) is -1.88. The number of carboxylic acid groups (broad SMARTS) is 2. The molecule has 0 bridgehead atoms. The second-order valence-corrected chi connectivity index (χ2v) is 25.9. The van der Waals surface area contributed by atoms with Gasteiger partial charge in [-0.2, -0.15) is 42.1 Å². The fourth-order valence-electron chi connectivity index (χ4n) is 11.5. The summed E-state index contributed by atoms with van der Waals surface area (Å²) in [6.45, 7) is 12.6. The minimum absolute atomic E-state index is 0.0350. The van der Waals surface area contributed by atoms with Gasteiger partial charge in [-0.1, -0.05) is 48.5 Å². The molecule has 0 amide bonds. The largest absolute Gasteiger partial charge is 0.479 e. The van der Waals surface area contributed by atoms with Gasteiger partial charge in [0.25, 0.3) is 0 Å². The second-order valence-electron chi connectivity index (χ2n) is 20.6. The molecular weight excluding hydrogens is 1200 g/mol.